The molecule has 0 spiro atoms. The number of ether oxygens (including phenoxy) is 1. The van der Waals surface area contributed by atoms with Crippen LogP contribution in [0.25, 0.3) is 0 Å². The average molecular weight is 331 g/mol. The van der Waals surface area contributed by atoms with E-state index in [-0.39, 0.29) is 11.5 Å². The summed E-state index contributed by atoms with van der Waals surface area (Å²) in [6.07, 6.45) is -3.52. The highest BCUT2D eigenvalue weighted by molar-refractivity contribution is 6.10. The zero-order chi connectivity index (χ0) is 17.6. The smallest absolute Gasteiger partial charge is 0.433 e. The maximum absolute atomic E-state index is 12.4. The van der Waals surface area contributed by atoms with Crippen molar-refractivity contribution in [1.82, 2.24) is 4.98 Å². The summed E-state index contributed by atoms with van der Waals surface area (Å²) in [5, 5.41) is 20.6. The van der Waals surface area contributed by atoms with Gasteiger partial charge in [-0.2, -0.15) is 28.8 Å². The molecule has 0 aliphatic carbocycles. The zero-order valence-corrected chi connectivity index (χ0v) is 11.9. The number of anilines is 1. The van der Waals surface area contributed by atoms with Crippen LogP contribution in [0.3, 0.4) is 0 Å². The van der Waals surface area contributed by atoms with E-state index in [9.17, 15) is 13.2 Å². The summed E-state index contributed by atoms with van der Waals surface area (Å²) in [7, 11) is 0. The first-order valence-corrected chi connectivity index (χ1v) is 6.37. The van der Waals surface area contributed by atoms with Crippen molar-refractivity contribution >= 4 is 11.4 Å². The molecule has 0 aliphatic rings. The third kappa shape index (κ3) is 4.45. The lowest BCUT2D eigenvalue weighted by Gasteiger charge is -2.08. The quantitative estimate of drug-likeness (QED) is 0.681. The van der Waals surface area contributed by atoms with Gasteiger partial charge in [-0.3, -0.25) is 5.43 Å². The Bertz CT molecular complexity index is 799. The molecule has 0 aliphatic heterocycles. The monoisotopic (exact) mass is 331 g/mol. The standard InChI is InChI=1S/C15H8F3N5O/c16-15(17,18)14-6-5-13(9-21-14)24-12-3-1-10(2-4-12)22-23-11(7-19)8-20/h1-6,9,22H. The normalized spacial score (nSPS) is 10.2. The summed E-state index contributed by atoms with van der Waals surface area (Å²) in [6, 6.07) is 11.4. The minimum atomic E-state index is -4.50. The fraction of sp³-hybridized carbons (Fsp3) is 0.0667. The largest absolute Gasteiger partial charge is 0.456 e. The first-order valence-electron chi connectivity index (χ1n) is 6.37. The molecular formula is C15H8F3N5O. The number of halogens is 3. The Balaban J connectivity index is 2.03. The average Bonchev–Trinajstić information content (AvgIpc) is 2.57. The van der Waals surface area contributed by atoms with Crippen molar-refractivity contribution in [2.24, 2.45) is 5.10 Å². The Hall–Kier alpha value is -3.59. The second kappa shape index (κ2) is 7.11. The van der Waals surface area contributed by atoms with Crippen LogP contribution in [0.5, 0.6) is 11.5 Å². The molecule has 0 atom stereocenters. The minimum absolute atomic E-state index is 0.151. The van der Waals surface area contributed by atoms with Gasteiger partial charge in [0.1, 0.15) is 29.3 Å². The molecule has 9 heteroatoms. The summed E-state index contributed by atoms with van der Waals surface area (Å²) in [4.78, 5) is 3.29. The van der Waals surface area contributed by atoms with Crippen molar-refractivity contribution in [2.75, 3.05) is 5.43 Å². The number of pyridine rings is 1. The van der Waals surface area contributed by atoms with E-state index in [4.69, 9.17) is 15.3 Å². The van der Waals surface area contributed by atoms with Crippen molar-refractivity contribution in [2.45, 2.75) is 6.18 Å². The Labute approximate surface area is 134 Å². The summed E-state index contributed by atoms with van der Waals surface area (Å²) in [6.45, 7) is 0. The number of hydrogen-bond donors (Lipinski definition) is 1. The van der Waals surface area contributed by atoms with Gasteiger partial charge < -0.3 is 4.74 Å². The van der Waals surface area contributed by atoms with E-state index in [0.29, 0.717) is 11.4 Å². The van der Waals surface area contributed by atoms with Crippen LogP contribution >= 0.6 is 0 Å². The molecule has 0 saturated carbocycles. The van der Waals surface area contributed by atoms with Crippen molar-refractivity contribution in [3.63, 3.8) is 0 Å². The highest BCUT2D eigenvalue weighted by Gasteiger charge is 2.32. The van der Waals surface area contributed by atoms with Gasteiger partial charge in [0.25, 0.3) is 0 Å². The Morgan fingerprint density at radius 2 is 1.67 bits per heavy atom. The molecule has 1 aromatic carbocycles. The molecule has 6 nitrogen and oxygen atoms in total. The fourth-order valence-electron chi connectivity index (χ4n) is 1.54. The number of hydrazone groups is 1. The van der Waals surface area contributed by atoms with Gasteiger partial charge in [0, 0.05) is 0 Å². The minimum Gasteiger partial charge on any atom is -0.456 e. The number of nitriles is 2. The molecule has 2 aromatic rings. The molecule has 1 heterocycles. The molecule has 0 saturated heterocycles. The molecule has 2 rings (SSSR count). The second-order valence-corrected chi connectivity index (χ2v) is 4.30. The predicted octanol–water partition coefficient (Wildman–Crippen LogP) is 3.71. The number of aromatic nitrogens is 1. The van der Waals surface area contributed by atoms with Crippen LogP contribution in [-0.2, 0) is 6.18 Å². The summed E-state index contributed by atoms with van der Waals surface area (Å²) >= 11 is 0. The molecule has 0 radical (unpaired) electrons. The number of rotatable bonds is 4. The SMILES string of the molecule is N#CC(C#N)=NNc1ccc(Oc2ccc(C(F)(F)F)nc2)cc1. The van der Waals surface area contributed by atoms with E-state index in [2.05, 4.69) is 15.5 Å². The van der Waals surface area contributed by atoms with Crippen LogP contribution in [0.15, 0.2) is 47.7 Å². The predicted molar refractivity (Wildman–Crippen MR) is 78.0 cm³/mol. The Morgan fingerprint density at radius 3 is 2.17 bits per heavy atom. The molecule has 1 aromatic heterocycles. The Morgan fingerprint density at radius 1 is 1.04 bits per heavy atom. The van der Waals surface area contributed by atoms with Crippen molar-refractivity contribution in [3.8, 4) is 23.6 Å². The number of alkyl halides is 3. The van der Waals surface area contributed by atoms with Gasteiger partial charge in [0.05, 0.1) is 11.9 Å². The van der Waals surface area contributed by atoms with Gasteiger partial charge in [0.15, 0.2) is 0 Å². The van der Waals surface area contributed by atoms with Crippen LogP contribution in [0.1, 0.15) is 5.69 Å². The van der Waals surface area contributed by atoms with Crippen molar-refractivity contribution in [3.05, 3.63) is 48.3 Å². The summed E-state index contributed by atoms with van der Waals surface area (Å²) in [5.41, 5.74) is 1.68. The van der Waals surface area contributed by atoms with Crippen molar-refractivity contribution in [1.29, 1.82) is 10.5 Å². The third-order valence-corrected chi connectivity index (χ3v) is 2.63. The third-order valence-electron chi connectivity index (χ3n) is 2.63. The molecule has 24 heavy (non-hydrogen) atoms. The van der Waals surface area contributed by atoms with Gasteiger partial charge in [-0.1, -0.05) is 0 Å². The highest BCUT2D eigenvalue weighted by Crippen LogP contribution is 2.29. The van der Waals surface area contributed by atoms with E-state index in [1.165, 1.54) is 18.2 Å². The Kier molecular flexibility index (Phi) is 4.97. The topological polar surface area (TPSA) is 94.1 Å². The lowest BCUT2D eigenvalue weighted by Crippen LogP contribution is -2.07. The first kappa shape index (κ1) is 16.8. The summed E-state index contributed by atoms with van der Waals surface area (Å²) in [5.74, 6) is 0.518. The molecule has 1 N–H and O–H groups in total. The first-order chi connectivity index (χ1) is 11.4. The number of nitrogens with zero attached hydrogens (tertiary/aromatic N) is 4. The van der Waals surface area contributed by atoms with Gasteiger partial charge in [-0.05, 0) is 36.4 Å². The van der Waals surface area contributed by atoms with Gasteiger partial charge >= 0.3 is 6.18 Å². The number of benzene rings is 1. The molecule has 0 amide bonds. The lowest BCUT2D eigenvalue weighted by atomic mass is 10.3. The summed E-state index contributed by atoms with van der Waals surface area (Å²) < 4.78 is 42.6. The lowest BCUT2D eigenvalue weighted by molar-refractivity contribution is -0.141. The fourth-order valence-corrected chi connectivity index (χ4v) is 1.54. The van der Waals surface area contributed by atoms with Crippen molar-refractivity contribution < 1.29 is 17.9 Å². The van der Waals surface area contributed by atoms with Crippen LogP contribution in [0.4, 0.5) is 18.9 Å². The number of nitrogens with one attached hydrogen (secondary N) is 1. The van der Waals surface area contributed by atoms with Crippen LogP contribution < -0.4 is 10.2 Å². The maximum Gasteiger partial charge on any atom is 0.433 e. The molecular weight excluding hydrogens is 323 g/mol. The van der Waals surface area contributed by atoms with E-state index < -0.39 is 11.9 Å². The second-order valence-electron chi connectivity index (χ2n) is 4.30. The molecule has 120 valence electrons. The van der Waals surface area contributed by atoms with Crippen LogP contribution in [0, 0.1) is 22.7 Å². The maximum atomic E-state index is 12.4. The van der Waals surface area contributed by atoms with E-state index in [0.717, 1.165) is 12.3 Å². The highest BCUT2D eigenvalue weighted by atomic mass is 19.4. The van der Waals surface area contributed by atoms with E-state index in [1.807, 2.05) is 0 Å². The number of hydrogen-bond acceptors (Lipinski definition) is 6. The van der Waals surface area contributed by atoms with Crippen LogP contribution in [0.2, 0.25) is 0 Å². The van der Waals surface area contributed by atoms with E-state index in [1.54, 1.807) is 24.3 Å². The molecule has 0 fully saturated rings. The van der Waals surface area contributed by atoms with Gasteiger partial charge in [-0.25, -0.2) is 4.98 Å². The molecule has 0 bridgehead atoms. The van der Waals surface area contributed by atoms with Crippen LogP contribution in [-0.4, -0.2) is 10.7 Å². The van der Waals surface area contributed by atoms with Gasteiger partial charge in [-0.15, -0.1) is 0 Å². The van der Waals surface area contributed by atoms with Gasteiger partial charge in [0.2, 0.25) is 5.71 Å². The molecule has 0 unspecified atom stereocenters. The zero-order valence-electron chi connectivity index (χ0n) is 11.9. The van der Waals surface area contributed by atoms with E-state index >= 15 is 0 Å².